The lowest BCUT2D eigenvalue weighted by Gasteiger charge is -2.26. The molecule has 2 atom stereocenters. The number of rotatable bonds is 8. The Balaban J connectivity index is 2.54. The summed E-state index contributed by atoms with van der Waals surface area (Å²) < 4.78 is 5.24. The third-order valence-electron chi connectivity index (χ3n) is 3.98. The van der Waals surface area contributed by atoms with Gasteiger partial charge in [-0.05, 0) is 46.0 Å². The first kappa shape index (κ1) is 22.2. The molecule has 0 spiro atoms. The third-order valence-corrected chi connectivity index (χ3v) is 3.98. The molecule has 0 saturated carbocycles. The molecule has 0 unspecified atom stereocenters. The van der Waals surface area contributed by atoms with Gasteiger partial charge in [0.1, 0.15) is 11.6 Å². The minimum atomic E-state index is -1.06. The number of likely N-dealkylation sites (tertiary alicyclic amines) is 1. The number of hydrogen-bond donors (Lipinski definition) is 3. The van der Waals surface area contributed by atoms with Crippen LogP contribution >= 0.6 is 0 Å². The summed E-state index contributed by atoms with van der Waals surface area (Å²) in [5.74, 6) is -0.266. The Labute approximate surface area is 155 Å². The molecule has 3 N–H and O–H groups in total. The lowest BCUT2D eigenvalue weighted by Crippen LogP contribution is -2.51. The van der Waals surface area contributed by atoms with E-state index in [9.17, 15) is 19.5 Å². The SMILES string of the molecule is CC(C)C[C@@H](CNCC(=O)OC(C)(C)C)NC(=O)[C@H]1CCCN1C(=O)O. The molecule has 1 fully saturated rings. The quantitative estimate of drug-likeness (QED) is 0.559. The minimum absolute atomic E-state index is 0.0619. The Morgan fingerprint density at radius 3 is 2.46 bits per heavy atom. The number of esters is 1. The molecule has 1 aliphatic heterocycles. The molecule has 8 heteroatoms. The zero-order chi connectivity index (χ0) is 19.9. The molecule has 1 aliphatic rings. The Bertz CT molecular complexity index is 502. The molecular weight excluding hydrogens is 338 g/mol. The van der Waals surface area contributed by atoms with Crippen LogP contribution in [0.1, 0.15) is 53.9 Å². The molecule has 0 bridgehead atoms. The van der Waals surface area contributed by atoms with Crippen LogP contribution in [0, 0.1) is 5.92 Å². The molecule has 8 nitrogen and oxygen atoms in total. The van der Waals surface area contributed by atoms with E-state index in [4.69, 9.17) is 4.74 Å². The standard InChI is InChI=1S/C18H33N3O5/c1-12(2)9-13(10-19-11-15(22)26-18(3,4)5)20-16(23)14-7-6-8-21(14)17(24)25/h12-14,19H,6-11H2,1-5H3,(H,20,23)(H,24,25)/t13-,14+/m0/s1. The number of amides is 2. The van der Waals surface area contributed by atoms with E-state index in [1.165, 1.54) is 4.90 Å². The first-order valence-electron chi connectivity index (χ1n) is 9.22. The van der Waals surface area contributed by atoms with Crippen molar-refractivity contribution in [2.75, 3.05) is 19.6 Å². The van der Waals surface area contributed by atoms with Crippen LogP contribution in [0.2, 0.25) is 0 Å². The highest BCUT2D eigenvalue weighted by Crippen LogP contribution is 2.18. The first-order valence-corrected chi connectivity index (χ1v) is 9.22. The van der Waals surface area contributed by atoms with Crippen molar-refractivity contribution in [3.63, 3.8) is 0 Å². The number of nitrogens with one attached hydrogen (secondary N) is 2. The minimum Gasteiger partial charge on any atom is -0.465 e. The highest BCUT2D eigenvalue weighted by atomic mass is 16.6. The molecule has 0 aromatic heterocycles. The van der Waals surface area contributed by atoms with Crippen LogP contribution in [0.4, 0.5) is 4.79 Å². The van der Waals surface area contributed by atoms with Crippen molar-refractivity contribution in [2.45, 2.75) is 71.6 Å². The molecule has 150 valence electrons. The van der Waals surface area contributed by atoms with E-state index in [1.807, 2.05) is 34.6 Å². The Kier molecular flexibility index (Phi) is 8.33. The number of carbonyl (C=O) groups excluding carboxylic acids is 2. The molecular formula is C18H33N3O5. The molecule has 0 radical (unpaired) electrons. The van der Waals surface area contributed by atoms with Gasteiger partial charge in [-0.3, -0.25) is 14.5 Å². The normalized spacial score (nSPS) is 18.7. The number of ether oxygens (including phenoxy) is 1. The van der Waals surface area contributed by atoms with Crippen LogP contribution < -0.4 is 10.6 Å². The summed E-state index contributed by atoms with van der Waals surface area (Å²) in [6.45, 7) is 10.4. The Hall–Kier alpha value is -1.83. The maximum absolute atomic E-state index is 12.5. The number of hydrogen-bond acceptors (Lipinski definition) is 5. The number of carbonyl (C=O) groups is 3. The van der Waals surface area contributed by atoms with E-state index < -0.39 is 17.7 Å². The van der Waals surface area contributed by atoms with Crippen LogP contribution in [-0.2, 0) is 14.3 Å². The van der Waals surface area contributed by atoms with E-state index in [0.717, 1.165) is 6.42 Å². The van der Waals surface area contributed by atoms with Crippen LogP contribution in [0.15, 0.2) is 0 Å². The fraction of sp³-hybridized carbons (Fsp3) is 0.833. The fourth-order valence-electron chi connectivity index (χ4n) is 3.05. The van der Waals surface area contributed by atoms with E-state index in [2.05, 4.69) is 10.6 Å². The van der Waals surface area contributed by atoms with Gasteiger partial charge in [-0.2, -0.15) is 0 Å². The Morgan fingerprint density at radius 1 is 1.27 bits per heavy atom. The van der Waals surface area contributed by atoms with Gasteiger partial charge in [0.15, 0.2) is 0 Å². The smallest absolute Gasteiger partial charge is 0.407 e. The summed E-state index contributed by atoms with van der Waals surface area (Å²) in [5, 5.41) is 15.2. The average Bonchev–Trinajstić information content (AvgIpc) is 2.94. The average molecular weight is 371 g/mol. The summed E-state index contributed by atoms with van der Waals surface area (Å²) >= 11 is 0. The van der Waals surface area contributed by atoms with Crippen molar-refractivity contribution >= 4 is 18.0 Å². The van der Waals surface area contributed by atoms with Crippen molar-refractivity contribution in [1.29, 1.82) is 0 Å². The predicted molar refractivity (Wildman–Crippen MR) is 97.9 cm³/mol. The van der Waals surface area contributed by atoms with Crippen LogP contribution in [0.5, 0.6) is 0 Å². The van der Waals surface area contributed by atoms with Crippen molar-refractivity contribution in [2.24, 2.45) is 5.92 Å². The van der Waals surface area contributed by atoms with Gasteiger partial charge in [-0.15, -0.1) is 0 Å². The number of nitrogens with zero attached hydrogens (tertiary/aromatic N) is 1. The summed E-state index contributed by atoms with van der Waals surface area (Å²) in [5.41, 5.74) is -0.535. The van der Waals surface area contributed by atoms with Gasteiger partial charge < -0.3 is 20.5 Å². The van der Waals surface area contributed by atoms with E-state index in [-0.39, 0.29) is 24.5 Å². The molecule has 0 aromatic rings. The molecule has 2 amide bonds. The topological polar surface area (TPSA) is 108 Å². The highest BCUT2D eigenvalue weighted by Gasteiger charge is 2.34. The largest absolute Gasteiger partial charge is 0.465 e. The van der Waals surface area contributed by atoms with Crippen molar-refractivity contribution in [3.8, 4) is 0 Å². The van der Waals surface area contributed by atoms with Gasteiger partial charge in [0.2, 0.25) is 5.91 Å². The lowest BCUT2D eigenvalue weighted by molar-refractivity contribution is -0.153. The zero-order valence-corrected chi connectivity index (χ0v) is 16.5. The van der Waals surface area contributed by atoms with Gasteiger partial charge in [-0.1, -0.05) is 13.8 Å². The molecule has 1 saturated heterocycles. The summed E-state index contributed by atoms with van der Waals surface area (Å²) in [7, 11) is 0. The van der Waals surface area contributed by atoms with Crippen molar-refractivity contribution < 1.29 is 24.2 Å². The second-order valence-corrected chi connectivity index (χ2v) is 8.19. The maximum atomic E-state index is 12.5. The molecule has 0 aliphatic carbocycles. The van der Waals surface area contributed by atoms with Crippen molar-refractivity contribution in [1.82, 2.24) is 15.5 Å². The summed E-state index contributed by atoms with van der Waals surface area (Å²) in [6, 6.07) is -0.811. The monoisotopic (exact) mass is 371 g/mol. The Morgan fingerprint density at radius 2 is 1.92 bits per heavy atom. The van der Waals surface area contributed by atoms with Gasteiger partial charge in [0.25, 0.3) is 0 Å². The van der Waals surface area contributed by atoms with Crippen LogP contribution in [0.3, 0.4) is 0 Å². The van der Waals surface area contributed by atoms with Crippen molar-refractivity contribution in [3.05, 3.63) is 0 Å². The van der Waals surface area contributed by atoms with Gasteiger partial charge in [0.05, 0.1) is 6.54 Å². The van der Waals surface area contributed by atoms with Gasteiger partial charge in [0, 0.05) is 19.1 Å². The van der Waals surface area contributed by atoms with Gasteiger partial charge in [-0.25, -0.2) is 4.79 Å². The zero-order valence-electron chi connectivity index (χ0n) is 16.5. The van der Waals surface area contributed by atoms with E-state index >= 15 is 0 Å². The predicted octanol–water partition coefficient (Wildman–Crippen LogP) is 1.59. The molecule has 26 heavy (non-hydrogen) atoms. The van der Waals surface area contributed by atoms with Crippen LogP contribution in [-0.4, -0.2) is 65.3 Å². The van der Waals surface area contributed by atoms with Crippen LogP contribution in [0.25, 0.3) is 0 Å². The molecule has 0 aromatic carbocycles. The number of carboxylic acid groups (broad SMARTS) is 1. The maximum Gasteiger partial charge on any atom is 0.407 e. The second kappa shape index (κ2) is 9.75. The first-order chi connectivity index (χ1) is 12.0. The molecule has 1 rings (SSSR count). The molecule has 1 heterocycles. The fourth-order valence-corrected chi connectivity index (χ4v) is 3.05. The third kappa shape index (κ3) is 8.03. The summed E-state index contributed by atoms with van der Waals surface area (Å²) in [4.78, 5) is 36.7. The summed E-state index contributed by atoms with van der Waals surface area (Å²) in [6.07, 6.45) is 0.895. The highest BCUT2D eigenvalue weighted by molar-refractivity contribution is 5.86. The van der Waals surface area contributed by atoms with E-state index in [0.29, 0.717) is 31.8 Å². The lowest BCUT2D eigenvalue weighted by atomic mass is 10.0. The van der Waals surface area contributed by atoms with Gasteiger partial charge >= 0.3 is 12.1 Å². The van der Waals surface area contributed by atoms with E-state index in [1.54, 1.807) is 0 Å². The second-order valence-electron chi connectivity index (χ2n) is 8.19.